The Hall–Kier alpha value is -2.37. The molecule has 0 unspecified atom stereocenters. The Morgan fingerprint density at radius 2 is 2.13 bits per heavy atom. The van der Waals surface area contributed by atoms with E-state index in [0.29, 0.717) is 19.4 Å². The molecule has 1 aliphatic rings. The van der Waals surface area contributed by atoms with Gasteiger partial charge < -0.3 is 15.0 Å². The molecule has 1 radical (unpaired) electrons. The zero-order valence-corrected chi connectivity index (χ0v) is 13.2. The van der Waals surface area contributed by atoms with Crippen LogP contribution in [0.5, 0.6) is 0 Å². The fourth-order valence-electron chi connectivity index (χ4n) is 2.72. The van der Waals surface area contributed by atoms with Gasteiger partial charge in [0.2, 0.25) is 12.2 Å². The van der Waals surface area contributed by atoms with E-state index < -0.39 is 18.2 Å². The van der Waals surface area contributed by atoms with Crippen molar-refractivity contribution < 1.29 is 19.1 Å². The second kappa shape index (κ2) is 8.31. The third-order valence-corrected chi connectivity index (χ3v) is 3.82. The van der Waals surface area contributed by atoms with Gasteiger partial charge in [0.05, 0.1) is 12.6 Å². The number of hydrogen-bond donors (Lipinski definition) is 1. The van der Waals surface area contributed by atoms with Crippen LogP contribution in [-0.2, 0) is 20.7 Å². The van der Waals surface area contributed by atoms with Crippen molar-refractivity contribution in [2.75, 3.05) is 13.2 Å². The zero-order chi connectivity index (χ0) is 16.7. The van der Waals surface area contributed by atoms with Crippen molar-refractivity contribution in [2.24, 2.45) is 0 Å². The maximum absolute atomic E-state index is 12.7. The van der Waals surface area contributed by atoms with E-state index >= 15 is 0 Å². The van der Waals surface area contributed by atoms with Crippen molar-refractivity contribution in [1.29, 1.82) is 0 Å². The highest BCUT2D eigenvalue weighted by atomic mass is 16.5. The van der Waals surface area contributed by atoms with E-state index in [0.717, 1.165) is 12.0 Å². The van der Waals surface area contributed by atoms with Crippen LogP contribution in [0.25, 0.3) is 0 Å². The molecule has 0 aliphatic carbocycles. The highest BCUT2D eigenvalue weighted by Crippen LogP contribution is 2.18. The Morgan fingerprint density at radius 3 is 2.78 bits per heavy atom. The summed E-state index contributed by atoms with van der Waals surface area (Å²) in [4.78, 5) is 37.0. The minimum atomic E-state index is -0.759. The van der Waals surface area contributed by atoms with E-state index in [9.17, 15) is 14.4 Å². The van der Waals surface area contributed by atoms with Gasteiger partial charge >= 0.3 is 6.09 Å². The van der Waals surface area contributed by atoms with Gasteiger partial charge in [-0.25, -0.2) is 4.79 Å². The Balaban J connectivity index is 2.13. The number of carbonyl (C=O) groups excluding carboxylic acids is 3. The van der Waals surface area contributed by atoms with Gasteiger partial charge in [0.25, 0.3) is 0 Å². The lowest BCUT2D eigenvalue weighted by Gasteiger charge is -2.26. The first kappa shape index (κ1) is 17.0. The van der Waals surface area contributed by atoms with Crippen molar-refractivity contribution in [1.82, 2.24) is 10.2 Å². The van der Waals surface area contributed by atoms with Gasteiger partial charge in [-0.2, -0.15) is 0 Å². The molecule has 1 heterocycles. The predicted octanol–water partition coefficient (Wildman–Crippen LogP) is 1.44. The van der Waals surface area contributed by atoms with Gasteiger partial charge in [-0.15, -0.1) is 0 Å². The van der Waals surface area contributed by atoms with Gasteiger partial charge in [0.15, 0.2) is 0 Å². The molecule has 1 N–H and O–H groups in total. The quantitative estimate of drug-likeness (QED) is 0.861. The third kappa shape index (κ3) is 4.55. The Labute approximate surface area is 135 Å². The molecular weight excluding hydrogens is 296 g/mol. The van der Waals surface area contributed by atoms with Gasteiger partial charge in [0.1, 0.15) is 6.04 Å². The molecular formula is C17H21N2O4. The van der Waals surface area contributed by atoms with Crippen LogP contribution in [0.2, 0.25) is 0 Å². The lowest BCUT2D eigenvalue weighted by atomic mass is 10.0. The summed E-state index contributed by atoms with van der Waals surface area (Å²) in [5.41, 5.74) is 0.925. The minimum absolute atomic E-state index is 0.229. The van der Waals surface area contributed by atoms with Crippen molar-refractivity contribution in [3.05, 3.63) is 35.9 Å². The van der Waals surface area contributed by atoms with E-state index in [4.69, 9.17) is 4.74 Å². The first-order valence-electron chi connectivity index (χ1n) is 7.81. The van der Waals surface area contributed by atoms with E-state index in [1.54, 1.807) is 6.92 Å². The van der Waals surface area contributed by atoms with Gasteiger partial charge in [-0.05, 0) is 25.3 Å². The van der Waals surface area contributed by atoms with Crippen molar-refractivity contribution in [2.45, 2.75) is 38.3 Å². The Bertz CT molecular complexity index is 547. The molecule has 1 aromatic rings. The standard InChI is InChI=1S/C17H21N2O4/c1-2-23-17(22)18-15(11-13-7-4-3-5-8-13)16(21)19-10-6-9-14(19)12-20/h3-5,7-8,14-15H,2,6,9-11H2,1H3,(H,18,22)/t14-,15+/m0/s1. The normalized spacial score (nSPS) is 18.3. The number of nitrogens with zero attached hydrogens (tertiary/aromatic N) is 1. The molecule has 0 spiro atoms. The molecule has 0 saturated carbocycles. The molecule has 1 aromatic carbocycles. The number of hydrogen-bond acceptors (Lipinski definition) is 4. The zero-order valence-electron chi connectivity index (χ0n) is 13.2. The third-order valence-electron chi connectivity index (χ3n) is 3.82. The molecule has 6 nitrogen and oxygen atoms in total. The van der Waals surface area contributed by atoms with E-state index in [-0.39, 0.29) is 12.5 Å². The summed E-state index contributed by atoms with van der Waals surface area (Å²) >= 11 is 0. The highest BCUT2D eigenvalue weighted by Gasteiger charge is 2.34. The summed E-state index contributed by atoms with van der Waals surface area (Å²) in [5, 5.41) is 2.61. The molecule has 23 heavy (non-hydrogen) atoms. The summed E-state index contributed by atoms with van der Waals surface area (Å²) in [6.07, 6.45) is 3.00. The largest absolute Gasteiger partial charge is 0.450 e. The van der Waals surface area contributed by atoms with Crippen LogP contribution < -0.4 is 5.32 Å². The molecule has 0 bridgehead atoms. The van der Waals surface area contributed by atoms with Crippen LogP contribution in [0.3, 0.4) is 0 Å². The predicted molar refractivity (Wildman–Crippen MR) is 84.5 cm³/mol. The summed E-state index contributed by atoms with van der Waals surface area (Å²) in [5.74, 6) is -0.271. The van der Waals surface area contributed by atoms with Crippen molar-refractivity contribution in [3.8, 4) is 0 Å². The number of likely N-dealkylation sites (tertiary alicyclic amines) is 1. The van der Waals surface area contributed by atoms with Gasteiger partial charge in [0, 0.05) is 13.0 Å². The number of ether oxygens (including phenoxy) is 1. The number of nitrogens with one attached hydrogen (secondary N) is 1. The fourth-order valence-corrected chi connectivity index (χ4v) is 2.72. The second-order valence-corrected chi connectivity index (χ2v) is 5.41. The van der Waals surface area contributed by atoms with Crippen LogP contribution >= 0.6 is 0 Å². The molecule has 1 saturated heterocycles. The Kier molecular flexibility index (Phi) is 6.14. The molecule has 1 aliphatic heterocycles. The summed E-state index contributed by atoms with van der Waals surface area (Å²) < 4.78 is 4.88. The monoisotopic (exact) mass is 317 g/mol. The SMILES string of the molecule is CCOC(=O)N[C@H](Cc1ccccc1)C(=O)N1CCC[C@H]1[C]=O. The van der Waals surface area contributed by atoms with Crippen LogP contribution in [-0.4, -0.2) is 48.4 Å². The van der Waals surface area contributed by atoms with Crippen molar-refractivity contribution in [3.63, 3.8) is 0 Å². The highest BCUT2D eigenvalue weighted by molar-refractivity contribution is 5.88. The van der Waals surface area contributed by atoms with Crippen LogP contribution in [0.1, 0.15) is 25.3 Å². The van der Waals surface area contributed by atoms with Gasteiger partial charge in [-0.1, -0.05) is 30.3 Å². The summed E-state index contributed by atoms with van der Waals surface area (Å²) in [6, 6.07) is 8.13. The average Bonchev–Trinajstić information content (AvgIpc) is 3.03. The van der Waals surface area contributed by atoms with E-state index in [2.05, 4.69) is 5.32 Å². The van der Waals surface area contributed by atoms with Crippen molar-refractivity contribution >= 4 is 18.3 Å². The average molecular weight is 317 g/mol. The number of amides is 2. The molecule has 0 aromatic heterocycles. The summed E-state index contributed by atoms with van der Waals surface area (Å²) in [6.45, 7) is 2.44. The topological polar surface area (TPSA) is 75.7 Å². The van der Waals surface area contributed by atoms with E-state index in [1.165, 1.54) is 4.90 Å². The molecule has 1 fully saturated rings. The maximum Gasteiger partial charge on any atom is 0.407 e. The lowest BCUT2D eigenvalue weighted by molar-refractivity contribution is -0.133. The maximum atomic E-state index is 12.7. The van der Waals surface area contributed by atoms with Crippen LogP contribution in [0, 0.1) is 0 Å². The first-order valence-corrected chi connectivity index (χ1v) is 7.81. The molecule has 2 amide bonds. The minimum Gasteiger partial charge on any atom is -0.450 e. The van der Waals surface area contributed by atoms with E-state index in [1.807, 2.05) is 36.6 Å². The number of alkyl carbamates (subject to hydrolysis) is 1. The van der Waals surface area contributed by atoms with Crippen LogP contribution in [0.4, 0.5) is 4.79 Å². The number of rotatable bonds is 6. The fraction of sp³-hybridized carbons (Fsp3) is 0.471. The first-order chi connectivity index (χ1) is 11.2. The number of carbonyl (C=O) groups is 2. The van der Waals surface area contributed by atoms with Crippen LogP contribution in [0.15, 0.2) is 30.3 Å². The molecule has 6 heteroatoms. The molecule has 2 atom stereocenters. The smallest absolute Gasteiger partial charge is 0.407 e. The molecule has 123 valence electrons. The lowest BCUT2D eigenvalue weighted by Crippen LogP contribution is -2.51. The number of benzene rings is 1. The summed E-state index contributed by atoms with van der Waals surface area (Å²) in [7, 11) is 0. The van der Waals surface area contributed by atoms with Gasteiger partial charge in [-0.3, -0.25) is 9.59 Å². The Morgan fingerprint density at radius 1 is 1.39 bits per heavy atom. The molecule has 2 rings (SSSR count). The second-order valence-electron chi connectivity index (χ2n) is 5.41.